The Hall–Kier alpha value is -2.20. The Morgan fingerprint density at radius 3 is 1.65 bits per heavy atom. The Morgan fingerprint density at radius 1 is 0.650 bits per heavy atom. The summed E-state index contributed by atoms with van der Waals surface area (Å²) >= 11 is 1.82. The van der Waals surface area contributed by atoms with Crippen LogP contribution in [0.5, 0.6) is 11.5 Å². The summed E-state index contributed by atoms with van der Waals surface area (Å²) in [5.74, 6) is 2.72. The first-order chi connectivity index (χ1) is 19.7. The summed E-state index contributed by atoms with van der Waals surface area (Å²) in [6.07, 6.45) is 22.3. The maximum Gasteiger partial charge on any atom is 0.185 e. The first-order valence-corrected chi connectivity index (χ1v) is 17.0. The van der Waals surface area contributed by atoms with Crippen molar-refractivity contribution in [3.8, 4) is 11.5 Å². The van der Waals surface area contributed by atoms with Crippen LogP contribution in [0.2, 0.25) is 0 Å². The molecule has 0 saturated carbocycles. The predicted octanol–water partition coefficient (Wildman–Crippen LogP) is 11.3. The molecule has 0 fully saturated rings. The minimum absolute atomic E-state index is 0.00646. The number of ketones is 1. The molecule has 0 amide bonds. The number of ether oxygens (including phenoxy) is 2. The summed E-state index contributed by atoms with van der Waals surface area (Å²) in [4.78, 5) is 14.0. The number of thioether (sulfide) groups is 1. The fraction of sp³-hybridized carbons (Fsp3) is 0.583. The first-order valence-electron chi connectivity index (χ1n) is 16.0. The molecule has 3 nitrogen and oxygen atoms in total. The SMILES string of the molecule is CCCCCCCCCOc1cc(/C=C/C(=O)c2ccc(SCCC)cc2)cc(OCCCCCCCCC)c1. The van der Waals surface area contributed by atoms with Crippen LogP contribution in [-0.2, 0) is 0 Å². The van der Waals surface area contributed by atoms with E-state index in [2.05, 4.69) is 20.8 Å². The van der Waals surface area contributed by atoms with Gasteiger partial charge in [0.25, 0.3) is 0 Å². The van der Waals surface area contributed by atoms with Gasteiger partial charge in [-0.25, -0.2) is 0 Å². The molecular formula is C36H54O3S. The second kappa shape index (κ2) is 22.5. The number of rotatable bonds is 24. The summed E-state index contributed by atoms with van der Waals surface area (Å²) in [6, 6.07) is 13.9. The van der Waals surface area contributed by atoms with Crippen molar-refractivity contribution < 1.29 is 14.3 Å². The molecule has 0 aliphatic heterocycles. The Morgan fingerprint density at radius 2 is 1.15 bits per heavy atom. The molecule has 0 spiro atoms. The molecule has 0 unspecified atom stereocenters. The van der Waals surface area contributed by atoms with Crippen LogP contribution in [0.3, 0.4) is 0 Å². The Kier molecular flexibility index (Phi) is 19.1. The summed E-state index contributed by atoms with van der Waals surface area (Å²) in [6.45, 7) is 8.10. The number of benzene rings is 2. The molecule has 0 N–H and O–H groups in total. The summed E-state index contributed by atoms with van der Waals surface area (Å²) in [5.41, 5.74) is 1.63. The summed E-state index contributed by atoms with van der Waals surface area (Å²) < 4.78 is 12.3. The van der Waals surface area contributed by atoms with Crippen LogP contribution < -0.4 is 9.47 Å². The average molecular weight is 567 g/mol. The lowest BCUT2D eigenvalue weighted by Crippen LogP contribution is -2.01. The van der Waals surface area contributed by atoms with E-state index in [1.165, 1.54) is 81.9 Å². The second-order valence-corrected chi connectivity index (χ2v) is 11.9. The Labute approximate surface area is 249 Å². The van der Waals surface area contributed by atoms with E-state index in [0.717, 1.165) is 42.1 Å². The minimum atomic E-state index is 0.00646. The molecule has 2 aromatic rings. The molecule has 0 aliphatic carbocycles. The Balaban J connectivity index is 1.94. The van der Waals surface area contributed by atoms with E-state index in [-0.39, 0.29) is 5.78 Å². The molecule has 222 valence electrons. The standard InChI is InChI=1S/C36H54O3S/c1-4-7-9-11-13-15-17-25-38-33-28-31(29-34(30-33)39-26-18-16-14-12-10-8-5-2)19-24-36(37)32-20-22-35(23-21-32)40-27-6-3/h19-24,28-30H,4-18,25-27H2,1-3H3/b24-19+. The van der Waals surface area contributed by atoms with Gasteiger partial charge in [0.2, 0.25) is 0 Å². The maximum absolute atomic E-state index is 12.8. The quantitative estimate of drug-likeness (QED) is 0.0548. The van der Waals surface area contributed by atoms with Crippen molar-refractivity contribution >= 4 is 23.6 Å². The molecule has 0 bridgehead atoms. The average Bonchev–Trinajstić information content (AvgIpc) is 2.98. The Bertz CT molecular complexity index is 913. The van der Waals surface area contributed by atoms with Gasteiger partial charge in [0.05, 0.1) is 13.2 Å². The van der Waals surface area contributed by atoms with Crippen molar-refractivity contribution in [1.82, 2.24) is 0 Å². The highest BCUT2D eigenvalue weighted by Gasteiger charge is 2.06. The lowest BCUT2D eigenvalue weighted by Gasteiger charge is -2.12. The van der Waals surface area contributed by atoms with Gasteiger partial charge in [0, 0.05) is 16.5 Å². The highest BCUT2D eigenvalue weighted by Crippen LogP contribution is 2.25. The number of carbonyl (C=O) groups excluding carboxylic acids is 1. The van der Waals surface area contributed by atoms with Gasteiger partial charge in [-0.15, -0.1) is 11.8 Å². The molecule has 0 radical (unpaired) electrons. The van der Waals surface area contributed by atoms with Gasteiger partial charge in [0.15, 0.2) is 5.78 Å². The van der Waals surface area contributed by atoms with Crippen LogP contribution in [0.4, 0.5) is 0 Å². The number of hydrogen-bond donors (Lipinski definition) is 0. The molecule has 0 saturated heterocycles. The molecule has 0 aliphatic rings. The number of carbonyl (C=O) groups is 1. The minimum Gasteiger partial charge on any atom is -0.493 e. The van der Waals surface area contributed by atoms with E-state index in [9.17, 15) is 4.79 Å². The molecule has 0 heterocycles. The monoisotopic (exact) mass is 566 g/mol. The van der Waals surface area contributed by atoms with Crippen LogP contribution >= 0.6 is 11.8 Å². The normalized spacial score (nSPS) is 11.3. The zero-order valence-corrected chi connectivity index (χ0v) is 26.4. The van der Waals surface area contributed by atoms with E-state index in [1.807, 2.05) is 60.3 Å². The third-order valence-electron chi connectivity index (χ3n) is 6.97. The van der Waals surface area contributed by atoms with Gasteiger partial charge in [-0.1, -0.05) is 104 Å². The molecule has 0 aromatic heterocycles. The summed E-state index contributed by atoms with van der Waals surface area (Å²) in [7, 11) is 0. The fourth-order valence-corrected chi connectivity index (χ4v) is 5.33. The van der Waals surface area contributed by atoms with Crippen molar-refractivity contribution in [2.75, 3.05) is 19.0 Å². The number of hydrogen-bond acceptors (Lipinski definition) is 4. The van der Waals surface area contributed by atoms with Gasteiger partial charge in [-0.3, -0.25) is 4.79 Å². The highest BCUT2D eigenvalue weighted by molar-refractivity contribution is 7.99. The van der Waals surface area contributed by atoms with Crippen molar-refractivity contribution in [2.24, 2.45) is 0 Å². The fourth-order valence-electron chi connectivity index (χ4n) is 4.56. The van der Waals surface area contributed by atoms with Gasteiger partial charge in [0.1, 0.15) is 11.5 Å². The third-order valence-corrected chi connectivity index (χ3v) is 8.19. The van der Waals surface area contributed by atoms with Crippen molar-refractivity contribution in [3.05, 3.63) is 59.7 Å². The largest absolute Gasteiger partial charge is 0.493 e. The van der Waals surface area contributed by atoms with E-state index in [1.54, 1.807) is 6.08 Å². The van der Waals surface area contributed by atoms with Crippen LogP contribution in [0.1, 0.15) is 133 Å². The van der Waals surface area contributed by atoms with Gasteiger partial charge < -0.3 is 9.47 Å². The molecular weight excluding hydrogens is 512 g/mol. The van der Waals surface area contributed by atoms with Crippen LogP contribution in [0.25, 0.3) is 6.08 Å². The van der Waals surface area contributed by atoms with Crippen molar-refractivity contribution in [3.63, 3.8) is 0 Å². The van der Waals surface area contributed by atoms with Crippen molar-refractivity contribution in [1.29, 1.82) is 0 Å². The maximum atomic E-state index is 12.8. The van der Waals surface area contributed by atoms with Gasteiger partial charge in [-0.2, -0.15) is 0 Å². The summed E-state index contributed by atoms with van der Waals surface area (Å²) in [5, 5.41) is 0. The first kappa shape index (κ1) is 34.0. The predicted molar refractivity (Wildman–Crippen MR) is 174 cm³/mol. The molecule has 2 rings (SSSR count). The smallest absolute Gasteiger partial charge is 0.185 e. The van der Waals surface area contributed by atoms with Crippen LogP contribution in [-0.4, -0.2) is 24.7 Å². The number of unbranched alkanes of at least 4 members (excludes halogenated alkanes) is 12. The van der Waals surface area contributed by atoms with Crippen LogP contribution in [0.15, 0.2) is 53.4 Å². The lowest BCUT2D eigenvalue weighted by atomic mass is 10.1. The molecule has 2 aromatic carbocycles. The van der Waals surface area contributed by atoms with Gasteiger partial charge in [-0.05, 0) is 73.1 Å². The van der Waals surface area contributed by atoms with E-state index >= 15 is 0 Å². The number of allylic oxidation sites excluding steroid dienone is 1. The van der Waals surface area contributed by atoms with E-state index < -0.39 is 0 Å². The van der Waals surface area contributed by atoms with Gasteiger partial charge >= 0.3 is 0 Å². The van der Waals surface area contributed by atoms with Crippen molar-refractivity contribution in [2.45, 2.75) is 122 Å². The second-order valence-electron chi connectivity index (χ2n) is 10.7. The lowest BCUT2D eigenvalue weighted by molar-refractivity contribution is 0.104. The highest BCUT2D eigenvalue weighted by atomic mass is 32.2. The van der Waals surface area contributed by atoms with Crippen LogP contribution in [0, 0.1) is 0 Å². The zero-order chi connectivity index (χ0) is 28.7. The molecule has 0 atom stereocenters. The third kappa shape index (κ3) is 15.6. The van der Waals surface area contributed by atoms with E-state index in [0.29, 0.717) is 18.8 Å². The zero-order valence-electron chi connectivity index (χ0n) is 25.6. The molecule has 40 heavy (non-hydrogen) atoms. The van der Waals surface area contributed by atoms with E-state index in [4.69, 9.17) is 9.47 Å². The molecule has 4 heteroatoms. The topological polar surface area (TPSA) is 35.5 Å².